The van der Waals surface area contributed by atoms with Crippen LogP contribution in [0.15, 0.2) is 42.5 Å². The van der Waals surface area contributed by atoms with Crippen molar-refractivity contribution in [1.29, 1.82) is 0 Å². The number of piperazine rings is 1. The van der Waals surface area contributed by atoms with Gasteiger partial charge < -0.3 is 10.0 Å². The first kappa shape index (κ1) is 21.7. The number of rotatable bonds is 6. The normalized spacial score (nSPS) is 15.6. The average Bonchev–Trinajstić information content (AvgIpc) is 3.10. The van der Waals surface area contributed by atoms with Gasteiger partial charge in [0.1, 0.15) is 5.75 Å². The molecular weight excluding hydrogens is 406 g/mol. The van der Waals surface area contributed by atoms with Crippen molar-refractivity contribution in [3.05, 3.63) is 63.9 Å². The quantitative estimate of drug-likeness (QED) is 0.565. The highest BCUT2D eigenvalue weighted by Gasteiger charge is 2.15. The summed E-state index contributed by atoms with van der Waals surface area (Å²) in [5.41, 5.74) is 4.38. The first-order valence-corrected chi connectivity index (χ1v) is 11.3. The van der Waals surface area contributed by atoms with Crippen LogP contribution in [0, 0.1) is 4.77 Å². The molecule has 0 saturated carbocycles. The molecule has 1 aliphatic heterocycles. The predicted octanol–water partition coefficient (Wildman–Crippen LogP) is 4.23. The molecule has 7 heteroatoms. The summed E-state index contributed by atoms with van der Waals surface area (Å²) in [4.78, 5) is 4.89. The van der Waals surface area contributed by atoms with Gasteiger partial charge >= 0.3 is 0 Å². The van der Waals surface area contributed by atoms with Crippen molar-refractivity contribution in [2.75, 3.05) is 33.2 Å². The number of benzene rings is 2. The van der Waals surface area contributed by atoms with Gasteiger partial charge in [0.25, 0.3) is 0 Å². The van der Waals surface area contributed by atoms with Gasteiger partial charge in [-0.1, -0.05) is 38.1 Å². The van der Waals surface area contributed by atoms with E-state index >= 15 is 0 Å². The van der Waals surface area contributed by atoms with Crippen LogP contribution < -0.4 is 0 Å². The lowest BCUT2D eigenvalue weighted by Crippen LogP contribution is -2.43. The summed E-state index contributed by atoms with van der Waals surface area (Å²) in [6, 6.07) is 14.4. The summed E-state index contributed by atoms with van der Waals surface area (Å²) >= 11 is 5.54. The van der Waals surface area contributed by atoms with Gasteiger partial charge in [-0.25, -0.2) is 0 Å². The van der Waals surface area contributed by atoms with E-state index in [1.165, 1.54) is 11.1 Å². The third kappa shape index (κ3) is 5.06. The Hall–Kier alpha value is -2.48. The van der Waals surface area contributed by atoms with E-state index in [1.807, 2.05) is 16.7 Å². The van der Waals surface area contributed by atoms with Crippen LogP contribution in [0.5, 0.6) is 5.75 Å². The zero-order valence-corrected chi connectivity index (χ0v) is 19.3. The Labute approximate surface area is 189 Å². The molecule has 1 aliphatic rings. The topological polar surface area (TPSA) is 60.3 Å². The maximum absolute atomic E-state index is 10.2. The van der Waals surface area contributed by atoms with Gasteiger partial charge in [0, 0.05) is 38.3 Å². The number of H-pyrrole nitrogens is 1. The summed E-state index contributed by atoms with van der Waals surface area (Å²) in [5.74, 6) is 1.33. The van der Waals surface area contributed by atoms with E-state index in [9.17, 15) is 5.11 Å². The molecule has 2 heterocycles. The first-order valence-electron chi connectivity index (χ1n) is 10.9. The minimum Gasteiger partial charge on any atom is -0.508 e. The molecule has 6 nitrogen and oxygen atoms in total. The van der Waals surface area contributed by atoms with Crippen LogP contribution >= 0.6 is 12.2 Å². The Kier molecular flexibility index (Phi) is 6.55. The molecule has 0 bridgehead atoms. The standard InChI is InChI=1S/C24H31N5OS/c1-17(2)21-14-20(7-8-22(21)30)23-25-26-24(31)29(23)16-19-6-4-5-18(13-19)15-28-11-9-27(3)10-12-28/h4-8,13-14,17,30H,9-12,15-16H2,1-3H3,(H,26,31). The number of aromatic amines is 1. The fourth-order valence-corrected chi connectivity index (χ4v) is 4.31. The SMILES string of the molecule is CC(C)c1cc(-c2n[nH]c(=S)n2Cc2cccc(CN3CCN(C)CC3)c2)ccc1O. The van der Waals surface area contributed by atoms with Crippen LogP contribution in [0.4, 0.5) is 0 Å². The molecule has 0 spiro atoms. The fourth-order valence-electron chi connectivity index (χ4n) is 4.11. The van der Waals surface area contributed by atoms with E-state index in [4.69, 9.17) is 12.2 Å². The third-order valence-electron chi connectivity index (χ3n) is 6.00. The molecular formula is C24H31N5OS. The molecule has 0 radical (unpaired) electrons. The van der Waals surface area contributed by atoms with Crippen LogP contribution in [-0.4, -0.2) is 62.9 Å². The number of nitrogens with zero attached hydrogens (tertiary/aromatic N) is 4. The summed E-state index contributed by atoms with van der Waals surface area (Å²) < 4.78 is 2.62. The zero-order chi connectivity index (χ0) is 22.0. The second-order valence-electron chi connectivity index (χ2n) is 8.77. The highest BCUT2D eigenvalue weighted by molar-refractivity contribution is 7.71. The highest BCUT2D eigenvalue weighted by atomic mass is 32.1. The number of aromatic hydroxyl groups is 1. The van der Waals surface area contributed by atoms with Crippen molar-refractivity contribution in [3.63, 3.8) is 0 Å². The second kappa shape index (κ2) is 9.34. The van der Waals surface area contributed by atoms with Gasteiger partial charge in [-0.15, -0.1) is 0 Å². The van der Waals surface area contributed by atoms with Crippen LogP contribution in [0.3, 0.4) is 0 Å². The number of hydrogen-bond donors (Lipinski definition) is 2. The molecule has 2 N–H and O–H groups in total. The van der Waals surface area contributed by atoms with Gasteiger partial charge in [0.2, 0.25) is 0 Å². The van der Waals surface area contributed by atoms with Crippen LogP contribution in [0.25, 0.3) is 11.4 Å². The molecule has 1 aromatic heterocycles. The number of phenolic OH excluding ortho intramolecular Hbond substituents is 1. The van der Waals surface area contributed by atoms with Crippen LogP contribution in [0.1, 0.15) is 36.5 Å². The lowest BCUT2D eigenvalue weighted by atomic mass is 9.99. The summed E-state index contributed by atoms with van der Waals surface area (Å²) in [6.07, 6.45) is 0. The van der Waals surface area contributed by atoms with Gasteiger partial charge in [0.05, 0.1) is 6.54 Å². The van der Waals surface area contributed by atoms with E-state index in [2.05, 4.69) is 65.2 Å². The number of phenols is 1. The highest BCUT2D eigenvalue weighted by Crippen LogP contribution is 2.30. The lowest BCUT2D eigenvalue weighted by molar-refractivity contribution is 0.148. The monoisotopic (exact) mass is 437 g/mol. The molecule has 0 amide bonds. The molecule has 2 aromatic carbocycles. The number of aromatic nitrogens is 3. The van der Waals surface area contributed by atoms with Crippen molar-refractivity contribution in [3.8, 4) is 17.1 Å². The Morgan fingerprint density at radius 1 is 1.03 bits per heavy atom. The van der Waals surface area contributed by atoms with Gasteiger partial charge in [-0.3, -0.25) is 14.6 Å². The van der Waals surface area contributed by atoms with Gasteiger partial charge in [-0.2, -0.15) is 5.10 Å². The van der Waals surface area contributed by atoms with E-state index in [0.29, 0.717) is 17.1 Å². The summed E-state index contributed by atoms with van der Waals surface area (Å²) in [5, 5.41) is 17.6. The Balaban J connectivity index is 1.57. The molecule has 1 fully saturated rings. The van der Waals surface area contributed by atoms with E-state index in [-0.39, 0.29) is 5.92 Å². The smallest absolute Gasteiger partial charge is 0.195 e. The summed E-state index contributed by atoms with van der Waals surface area (Å²) in [7, 11) is 2.18. The lowest BCUT2D eigenvalue weighted by Gasteiger charge is -2.32. The zero-order valence-electron chi connectivity index (χ0n) is 18.5. The molecule has 3 aromatic rings. The second-order valence-corrected chi connectivity index (χ2v) is 9.15. The maximum atomic E-state index is 10.2. The van der Waals surface area contributed by atoms with E-state index in [0.717, 1.165) is 49.7 Å². The molecule has 164 valence electrons. The molecule has 0 aliphatic carbocycles. The van der Waals surface area contributed by atoms with Gasteiger partial charge in [-0.05, 0) is 60.1 Å². The average molecular weight is 438 g/mol. The van der Waals surface area contributed by atoms with E-state index in [1.54, 1.807) is 6.07 Å². The van der Waals surface area contributed by atoms with Crippen molar-refractivity contribution < 1.29 is 5.11 Å². The van der Waals surface area contributed by atoms with Crippen molar-refractivity contribution in [2.24, 2.45) is 0 Å². The minimum absolute atomic E-state index is 0.224. The first-order chi connectivity index (χ1) is 14.9. The predicted molar refractivity (Wildman–Crippen MR) is 127 cm³/mol. The Morgan fingerprint density at radius 3 is 2.45 bits per heavy atom. The van der Waals surface area contributed by atoms with Crippen molar-refractivity contribution in [2.45, 2.75) is 32.9 Å². The third-order valence-corrected chi connectivity index (χ3v) is 6.31. The van der Waals surface area contributed by atoms with Crippen LogP contribution in [0.2, 0.25) is 0 Å². The van der Waals surface area contributed by atoms with Gasteiger partial charge in [0.15, 0.2) is 10.6 Å². The molecule has 1 saturated heterocycles. The van der Waals surface area contributed by atoms with Crippen molar-refractivity contribution >= 4 is 12.2 Å². The Bertz CT molecular complexity index is 1100. The largest absolute Gasteiger partial charge is 0.508 e. The van der Waals surface area contributed by atoms with E-state index < -0.39 is 0 Å². The number of nitrogens with one attached hydrogen (secondary N) is 1. The molecule has 4 rings (SSSR count). The number of likely N-dealkylation sites (N-methyl/N-ethyl adjacent to an activating group) is 1. The van der Waals surface area contributed by atoms with Crippen molar-refractivity contribution in [1.82, 2.24) is 24.6 Å². The van der Waals surface area contributed by atoms with Crippen LogP contribution in [-0.2, 0) is 13.1 Å². The summed E-state index contributed by atoms with van der Waals surface area (Å²) in [6.45, 7) is 10.2. The Morgan fingerprint density at radius 2 is 1.74 bits per heavy atom. The molecule has 0 atom stereocenters. The minimum atomic E-state index is 0.224. The number of hydrogen-bond acceptors (Lipinski definition) is 5. The molecule has 31 heavy (non-hydrogen) atoms. The fraction of sp³-hybridized carbons (Fsp3) is 0.417. The maximum Gasteiger partial charge on any atom is 0.195 e. The molecule has 0 unspecified atom stereocenters.